The van der Waals surface area contributed by atoms with Crippen LogP contribution in [0.25, 0.3) is 0 Å². The molecule has 1 aliphatic rings. The molecule has 1 saturated heterocycles. The number of hydrogen-bond acceptors (Lipinski definition) is 3. The van der Waals surface area contributed by atoms with Gasteiger partial charge in [-0.05, 0) is 31.4 Å². The Labute approximate surface area is 132 Å². The first-order valence-corrected chi connectivity index (χ1v) is 7.56. The van der Waals surface area contributed by atoms with E-state index < -0.39 is 17.7 Å². The van der Waals surface area contributed by atoms with Gasteiger partial charge in [0.05, 0.1) is 17.4 Å². The van der Waals surface area contributed by atoms with Crippen LogP contribution in [0.15, 0.2) is 28.8 Å². The number of aryl methyl sites for hydroxylation is 1. The van der Waals surface area contributed by atoms with Crippen LogP contribution in [0.1, 0.15) is 37.3 Å². The third-order valence-corrected chi connectivity index (χ3v) is 3.95. The Hall–Kier alpha value is -2.44. The predicted molar refractivity (Wildman–Crippen MR) is 79.9 cm³/mol. The van der Waals surface area contributed by atoms with Crippen molar-refractivity contribution in [3.05, 3.63) is 47.4 Å². The fourth-order valence-corrected chi connectivity index (χ4v) is 2.74. The van der Waals surface area contributed by atoms with Gasteiger partial charge in [0.25, 0.3) is 0 Å². The standard InChI is InChI=1S/C16H17F2N3O2/c1-2-11-9-15(23-20-11)14-4-3-7-21(14)16(22)19-13-6-5-10(17)8-12(13)18/h5-6,8-9,14H,2-4,7H2,1H3,(H,19,22). The highest BCUT2D eigenvalue weighted by Gasteiger charge is 2.33. The maximum Gasteiger partial charge on any atom is 0.322 e. The highest BCUT2D eigenvalue weighted by molar-refractivity contribution is 5.89. The van der Waals surface area contributed by atoms with Gasteiger partial charge >= 0.3 is 6.03 Å². The van der Waals surface area contributed by atoms with E-state index in [1.807, 2.05) is 13.0 Å². The maximum atomic E-state index is 13.7. The van der Waals surface area contributed by atoms with E-state index in [0.29, 0.717) is 12.3 Å². The molecule has 5 nitrogen and oxygen atoms in total. The Kier molecular flexibility index (Phi) is 4.27. The molecule has 1 fully saturated rings. The largest absolute Gasteiger partial charge is 0.359 e. The third-order valence-electron chi connectivity index (χ3n) is 3.95. The average Bonchev–Trinajstić information content (AvgIpc) is 3.17. The fraction of sp³-hybridized carbons (Fsp3) is 0.375. The molecule has 0 saturated carbocycles. The summed E-state index contributed by atoms with van der Waals surface area (Å²) in [5.74, 6) is -0.857. The second-order valence-electron chi connectivity index (χ2n) is 5.48. The first kappa shape index (κ1) is 15.5. The lowest BCUT2D eigenvalue weighted by Gasteiger charge is -2.23. The van der Waals surface area contributed by atoms with E-state index in [4.69, 9.17) is 4.52 Å². The number of likely N-dealkylation sites (tertiary alicyclic amines) is 1. The van der Waals surface area contributed by atoms with Gasteiger partial charge in [0.2, 0.25) is 0 Å². The lowest BCUT2D eigenvalue weighted by atomic mass is 10.1. The molecule has 0 aliphatic carbocycles. The summed E-state index contributed by atoms with van der Waals surface area (Å²) in [5, 5.41) is 6.43. The Morgan fingerprint density at radius 2 is 2.26 bits per heavy atom. The van der Waals surface area contributed by atoms with Crippen LogP contribution >= 0.6 is 0 Å². The van der Waals surface area contributed by atoms with Gasteiger partial charge in [-0.1, -0.05) is 12.1 Å². The number of rotatable bonds is 3. The molecule has 1 atom stereocenters. The van der Waals surface area contributed by atoms with Crippen LogP contribution in [0.5, 0.6) is 0 Å². The molecule has 1 unspecified atom stereocenters. The van der Waals surface area contributed by atoms with Gasteiger partial charge in [0.15, 0.2) is 5.76 Å². The predicted octanol–water partition coefficient (Wildman–Crippen LogP) is 3.88. The Morgan fingerprint density at radius 1 is 1.43 bits per heavy atom. The van der Waals surface area contributed by atoms with E-state index in [1.165, 1.54) is 6.07 Å². The molecule has 2 amide bonds. The van der Waals surface area contributed by atoms with Crippen molar-refractivity contribution in [2.75, 3.05) is 11.9 Å². The first-order valence-electron chi connectivity index (χ1n) is 7.56. The quantitative estimate of drug-likeness (QED) is 0.933. The van der Waals surface area contributed by atoms with Crippen molar-refractivity contribution >= 4 is 11.7 Å². The number of carbonyl (C=O) groups is 1. The van der Waals surface area contributed by atoms with E-state index in [-0.39, 0.29) is 11.7 Å². The summed E-state index contributed by atoms with van der Waals surface area (Å²) in [6, 6.07) is 4.23. The summed E-state index contributed by atoms with van der Waals surface area (Å²) in [6.07, 6.45) is 2.34. The third kappa shape index (κ3) is 3.18. The number of aromatic nitrogens is 1. The second kappa shape index (κ2) is 6.36. The number of anilines is 1. The summed E-state index contributed by atoms with van der Waals surface area (Å²) in [7, 11) is 0. The van der Waals surface area contributed by atoms with Crippen molar-refractivity contribution in [3.63, 3.8) is 0 Å². The van der Waals surface area contributed by atoms with E-state index in [9.17, 15) is 13.6 Å². The molecule has 3 rings (SSSR count). The molecule has 7 heteroatoms. The number of halogens is 2. The number of urea groups is 1. The molecule has 122 valence electrons. The van der Waals surface area contributed by atoms with Gasteiger partial charge in [0.1, 0.15) is 11.6 Å². The van der Waals surface area contributed by atoms with Crippen molar-refractivity contribution in [2.45, 2.75) is 32.2 Å². The fourth-order valence-electron chi connectivity index (χ4n) is 2.74. The Bertz CT molecular complexity index is 717. The van der Waals surface area contributed by atoms with E-state index in [2.05, 4.69) is 10.5 Å². The van der Waals surface area contributed by atoms with E-state index in [1.54, 1.807) is 4.90 Å². The van der Waals surface area contributed by atoms with Gasteiger partial charge < -0.3 is 14.7 Å². The van der Waals surface area contributed by atoms with Gasteiger partial charge in [0, 0.05) is 18.7 Å². The van der Waals surface area contributed by atoms with Gasteiger partial charge in [-0.2, -0.15) is 0 Å². The molecule has 0 bridgehead atoms. The minimum atomic E-state index is -0.804. The number of carbonyl (C=O) groups excluding carboxylic acids is 1. The topological polar surface area (TPSA) is 58.4 Å². The van der Waals surface area contributed by atoms with E-state index in [0.717, 1.165) is 37.1 Å². The zero-order valence-corrected chi connectivity index (χ0v) is 12.7. The number of nitrogens with zero attached hydrogens (tertiary/aromatic N) is 2. The van der Waals surface area contributed by atoms with Crippen molar-refractivity contribution in [3.8, 4) is 0 Å². The monoisotopic (exact) mass is 321 g/mol. The summed E-state index contributed by atoms with van der Waals surface area (Å²) in [5.41, 5.74) is 0.783. The summed E-state index contributed by atoms with van der Waals surface area (Å²) in [6.45, 7) is 2.51. The molecule has 0 radical (unpaired) electrons. The first-order chi connectivity index (χ1) is 11.1. The maximum absolute atomic E-state index is 13.7. The summed E-state index contributed by atoms with van der Waals surface area (Å²) in [4.78, 5) is 14.0. The van der Waals surface area contributed by atoms with Crippen LogP contribution in [-0.2, 0) is 6.42 Å². The number of hydrogen-bond donors (Lipinski definition) is 1. The molecule has 2 aromatic rings. The number of amides is 2. The minimum Gasteiger partial charge on any atom is -0.359 e. The lowest BCUT2D eigenvalue weighted by molar-refractivity contribution is 0.195. The van der Waals surface area contributed by atoms with Crippen LogP contribution in [0.2, 0.25) is 0 Å². The normalized spacial score (nSPS) is 17.5. The molecule has 2 heterocycles. The molecule has 1 N–H and O–H groups in total. The number of benzene rings is 1. The van der Waals surface area contributed by atoms with E-state index >= 15 is 0 Å². The van der Waals surface area contributed by atoms with Crippen LogP contribution in [0.4, 0.5) is 19.3 Å². The van der Waals surface area contributed by atoms with Crippen LogP contribution < -0.4 is 5.32 Å². The zero-order chi connectivity index (χ0) is 16.4. The highest BCUT2D eigenvalue weighted by Crippen LogP contribution is 2.33. The van der Waals surface area contributed by atoms with Crippen molar-refractivity contribution < 1.29 is 18.1 Å². The molecule has 1 aliphatic heterocycles. The SMILES string of the molecule is CCc1cc(C2CCCN2C(=O)Nc2ccc(F)cc2F)on1. The minimum absolute atomic E-state index is 0.0473. The number of nitrogens with one attached hydrogen (secondary N) is 1. The van der Waals surface area contributed by atoms with Crippen LogP contribution in [0.3, 0.4) is 0 Å². The molecule has 23 heavy (non-hydrogen) atoms. The summed E-state index contributed by atoms with van der Waals surface area (Å²) < 4.78 is 31.9. The Morgan fingerprint density at radius 3 is 2.96 bits per heavy atom. The lowest BCUT2D eigenvalue weighted by Crippen LogP contribution is -2.34. The smallest absolute Gasteiger partial charge is 0.322 e. The van der Waals surface area contributed by atoms with Crippen molar-refractivity contribution in [2.24, 2.45) is 0 Å². The highest BCUT2D eigenvalue weighted by atomic mass is 19.1. The summed E-state index contributed by atoms with van der Waals surface area (Å²) >= 11 is 0. The van der Waals surface area contributed by atoms with Gasteiger partial charge in [-0.15, -0.1) is 0 Å². The second-order valence-corrected chi connectivity index (χ2v) is 5.48. The Balaban J connectivity index is 1.75. The van der Waals surface area contributed by atoms with Gasteiger partial charge in [-0.25, -0.2) is 13.6 Å². The average molecular weight is 321 g/mol. The van der Waals surface area contributed by atoms with Crippen molar-refractivity contribution in [1.29, 1.82) is 0 Å². The van der Waals surface area contributed by atoms with Crippen molar-refractivity contribution in [1.82, 2.24) is 10.1 Å². The zero-order valence-electron chi connectivity index (χ0n) is 12.7. The molecular formula is C16H17F2N3O2. The molecule has 0 spiro atoms. The van der Waals surface area contributed by atoms with Crippen LogP contribution in [-0.4, -0.2) is 22.6 Å². The molecular weight excluding hydrogens is 304 g/mol. The van der Waals surface area contributed by atoms with Crippen LogP contribution in [0, 0.1) is 11.6 Å². The molecule has 1 aromatic heterocycles. The van der Waals surface area contributed by atoms with Gasteiger partial charge in [-0.3, -0.25) is 0 Å². The molecule has 1 aromatic carbocycles.